The van der Waals surface area contributed by atoms with Crippen molar-refractivity contribution in [3.8, 4) is 11.4 Å². The number of hydrogen-bond donors (Lipinski definition) is 1. The van der Waals surface area contributed by atoms with Crippen molar-refractivity contribution in [3.05, 3.63) is 36.3 Å². The quantitative estimate of drug-likeness (QED) is 0.920. The molecule has 0 spiro atoms. The summed E-state index contributed by atoms with van der Waals surface area (Å²) in [4.78, 5) is 15.8. The van der Waals surface area contributed by atoms with Crippen LogP contribution in [0, 0.1) is 12.8 Å². The van der Waals surface area contributed by atoms with Crippen LogP contribution in [0.25, 0.3) is 11.4 Å². The van der Waals surface area contributed by atoms with Gasteiger partial charge in [-0.1, -0.05) is 6.92 Å². The Kier molecular flexibility index (Phi) is 5.18. The Morgan fingerprint density at radius 1 is 1.26 bits per heavy atom. The summed E-state index contributed by atoms with van der Waals surface area (Å²) in [5.41, 5.74) is 1.98. The Hall–Kier alpha value is -2.01. The lowest BCUT2D eigenvalue weighted by atomic mass is 9.98. The Morgan fingerprint density at radius 2 is 2.09 bits per heavy atom. The molecule has 1 fully saturated rings. The molecule has 3 rings (SSSR count). The molecule has 1 aliphatic heterocycles. The van der Waals surface area contributed by atoms with Crippen LogP contribution < -0.4 is 5.32 Å². The Labute approximate surface area is 138 Å². The maximum Gasteiger partial charge on any atom is 0.161 e. The number of piperidine rings is 1. The minimum absolute atomic E-state index is 0.698. The number of nitrogens with one attached hydrogen (secondary N) is 1. The van der Waals surface area contributed by atoms with Gasteiger partial charge in [-0.15, -0.1) is 0 Å². The van der Waals surface area contributed by atoms with Crippen molar-refractivity contribution in [3.63, 3.8) is 0 Å². The highest BCUT2D eigenvalue weighted by Gasteiger charge is 2.18. The summed E-state index contributed by atoms with van der Waals surface area (Å²) in [7, 11) is 0. The number of aromatic nitrogens is 3. The Bertz CT molecular complexity index is 629. The van der Waals surface area contributed by atoms with Crippen LogP contribution in [-0.4, -0.2) is 46.0 Å². The van der Waals surface area contributed by atoms with Crippen LogP contribution in [0.5, 0.6) is 0 Å². The van der Waals surface area contributed by atoms with Crippen LogP contribution in [0.2, 0.25) is 0 Å². The lowest BCUT2D eigenvalue weighted by molar-refractivity contribution is 0.189. The predicted octanol–water partition coefficient (Wildman–Crippen LogP) is 2.99. The highest BCUT2D eigenvalue weighted by molar-refractivity contribution is 5.56. The first kappa shape index (κ1) is 15.9. The summed E-state index contributed by atoms with van der Waals surface area (Å²) >= 11 is 0. The van der Waals surface area contributed by atoms with Gasteiger partial charge in [0.05, 0.1) is 0 Å². The second-order valence-corrected chi connectivity index (χ2v) is 6.24. The molecule has 5 nitrogen and oxygen atoms in total. The number of nitrogens with zero attached hydrogens (tertiary/aromatic N) is 4. The van der Waals surface area contributed by atoms with Gasteiger partial charge in [0.15, 0.2) is 5.82 Å². The molecule has 2 aromatic heterocycles. The second kappa shape index (κ2) is 7.51. The van der Waals surface area contributed by atoms with E-state index in [9.17, 15) is 0 Å². The van der Waals surface area contributed by atoms with E-state index in [0.717, 1.165) is 36.0 Å². The molecule has 0 aromatic carbocycles. The molecule has 1 unspecified atom stereocenters. The zero-order chi connectivity index (χ0) is 16.1. The predicted molar refractivity (Wildman–Crippen MR) is 93.3 cm³/mol. The van der Waals surface area contributed by atoms with Crippen molar-refractivity contribution in [2.75, 3.05) is 31.5 Å². The molecule has 1 atom stereocenters. The molecule has 5 heteroatoms. The summed E-state index contributed by atoms with van der Waals surface area (Å²) in [5, 5.41) is 3.52. The topological polar surface area (TPSA) is 53.9 Å². The van der Waals surface area contributed by atoms with Gasteiger partial charge in [0, 0.05) is 42.8 Å². The van der Waals surface area contributed by atoms with Crippen LogP contribution in [0.15, 0.2) is 30.6 Å². The summed E-state index contributed by atoms with van der Waals surface area (Å²) in [6.07, 6.45) is 6.14. The molecule has 23 heavy (non-hydrogen) atoms. The molecule has 2 aromatic rings. The van der Waals surface area contributed by atoms with Gasteiger partial charge in [0.2, 0.25) is 0 Å². The molecule has 3 heterocycles. The van der Waals surface area contributed by atoms with E-state index in [-0.39, 0.29) is 0 Å². The van der Waals surface area contributed by atoms with Crippen LogP contribution >= 0.6 is 0 Å². The van der Waals surface area contributed by atoms with Crippen molar-refractivity contribution >= 4 is 5.82 Å². The van der Waals surface area contributed by atoms with Gasteiger partial charge in [0.1, 0.15) is 5.82 Å². The van der Waals surface area contributed by atoms with E-state index in [2.05, 4.69) is 32.1 Å². The molecule has 1 saturated heterocycles. The fourth-order valence-electron chi connectivity index (χ4n) is 3.14. The SMILES string of the molecule is CCN1CCCC(CNc2cc(C)nc(-c3ccncc3)n2)C1. The molecule has 0 saturated carbocycles. The smallest absolute Gasteiger partial charge is 0.161 e. The fraction of sp³-hybridized carbons (Fsp3) is 0.500. The van der Waals surface area contributed by atoms with Crippen molar-refractivity contribution in [1.29, 1.82) is 0 Å². The first-order valence-corrected chi connectivity index (χ1v) is 8.47. The average molecular weight is 311 g/mol. The van der Waals surface area contributed by atoms with Crippen molar-refractivity contribution in [2.24, 2.45) is 5.92 Å². The standard InChI is InChI=1S/C18H25N5/c1-3-23-10-4-5-15(13-23)12-20-17-11-14(2)21-18(22-17)16-6-8-19-9-7-16/h6-9,11,15H,3-5,10,12-13H2,1-2H3,(H,20,21,22). The van der Waals surface area contributed by atoms with Gasteiger partial charge in [-0.3, -0.25) is 4.98 Å². The van der Waals surface area contributed by atoms with Crippen molar-refractivity contribution in [2.45, 2.75) is 26.7 Å². The first-order chi connectivity index (χ1) is 11.2. The molecular formula is C18H25N5. The van der Waals surface area contributed by atoms with E-state index in [4.69, 9.17) is 0 Å². The Balaban J connectivity index is 1.67. The Morgan fingerprint density at radius 3 is 2.87 bits per heavy atom. The van der Waals surface area contributed by atoms with E-state index < -0.39 is 0 Å². The lowest BCUT2D eigenvalue weighted by Crippen LogP contribution is -2.37. The molecule has 122 valence electrons. The zero-order valence-corrected chi connectivity index (χ0v) is 14.0. The van der Waals surface area contributed by atoms with Crippen LogP contribution in [0.3, 0.4) is 0 Å². The number of aryl methyl sites for hydroxylation is 1. The highest BCUT2D eigenvalue weighted by Crippen LogP contribution is 2.19. The maximum absolute atomic E-state index is 4.66. The normalized spacial score (nSPS) is 18.8. The van der Waals surface area contributed by atoms with E-state index in [0.29, 0.717) is 5.92 Å². The minimum Gasteiger partial charge on any atom is -0.370 e. The number of hydrogen-bond acceptors (Lipinski definition) is 5. The first-order valence-electron chi connectivity index (χ1n) is 8.47. The summed E-state index contributed by atoms with van der Waals surface area (Å²) in [6.45, 7) is 8.80. The number of anilines is 1. The third kappa shape index (κ3) is 4.26. The number of rotatable bonds is 5. The largest absolute Gasteiger partial charge is 0.370 e. The van der Waals surface area contributed by atoms with E-state index in [1.165, 1.54) is 25.9 Å². The van der Waals surface area contributed by atoms with Gasteiger partial charge in [0.25, 0.3) is 0 Å². The summed E-state index contributed by atoms with van der Waals surface area (Å²) in [6, 6.07) is 5.91. The van der Waals surface area contributed by atoms with Crippen LogP contribution in [0.4, 0.5) is 5.82 Å². The highest BCUT2D eigenvalue weighted by atomic mass is 15.1. The van der Waals surface area contributed by atoms with Crippen LogP contribution in [-0.2, 0) is 0 Å². The third-order valence-electron chi connectivity index (χ3n) is 4.41. The molecule has 0 bridgehead atoms. The monoisotopic (exact) mass is 311 g/mol. The molecule has 0 radical (unpaired) electrons. The molecule has 0 aliphatic carbocycles. The number of pyridine rings is 1. The van der Waals surface area contributed by atoms with E-state index in [1.54, 1.807) is 12.4 Å². The van der Waals surface area contributed by atoms with Gasteiger partial charge >= 0.3 is 0 Å². The van der Waals surface area contributed by atoms with Crippen molar-refractivity contribution in [1.82, 2.24) is 19.9 Å². The zero-order valence-electron chi connectivity index (χ0n) is 14.0. The second-order valence-electron chi connectivity index (χ2n) is 6.24. The van der Waals surface area contributed by atoms with Gasteiger partial charge < -0.3 is 10.2 Å². The summed E-state index contributed by atoms with van der Waals surface area (Å²) < 4.78 is 0. The van der Waals surface area contributed by atoms with Crippen LogP contribution in [0.1, 0.15) is 25.5 Å². The lowest BCUT2D eigenvalue weighted by Gasteiger charge is -2.32. The fourth-order valence-corrected chi connectivity index (χ4v) is 3.14. The van der Waals surface area contributed by atoms with Crippen molar-refractivity contribution < 1.29 is 0 Å². The van der Waals surface area contributed by atoms with E-state index in [1.807, 2.05) is 25.1 Å². The van der Waals surface area contributed by atoms with E-state index >= 15 is 0 Å². The maximum atomic E-state index is 4.66. The average Bonchev–Trinajstić information content (AvgIpc) is 2.60. The van der Waals surface area contributed by atoms with Gasteiger partial charge in [-0.2, -0.15) is 0 Å². The minimum atomic E-state index is 0.698. The molecule has 1 N–H and O–H groups in total. The molecule has 0 amide bonds. The third-order valence-corrected chi connectivity index (χ3v) is 4.41. The van der Waals surface area contributed by atoms with Gasteiger partial charge in [-0.25, -0.2) is 9.97 Å². The molecular weight excluding hydrogens is 286 g/mol. The molecule has 1 aliphatic rings. The summed E-state index contributed by atoms with van der Waals surface area (Å²) in [5.74, 6) is 2.37. The number of likely N-dealkylation sites (tertiary alicyclic amines) is 1. The van der Waals surface area contributed by atoms with Gasteiger partial charge in [-0.05, 0) is 50.9 Å².